The van der Waals surface area contributed by atoms with Crippen LogP contribution in [0.5, 0.6) is 0 Å². The summed E-state index contributed by atoms with van der Waals surface area (Å²) in [7, 11) is 1.43. The second kappa shape index (κ2) is 32.0. The van der Waals surface area contributed by atoms with Crippen molar-refractivity contribution in [1.29, 1.82) is 0 Å². The summed E-state index contributed by atoms with van der Waals surface area (Å²) in [4.78, 5) is 140. The molecule has 0 radical (unpaired) electrons. The Morgan fingerprint density at radius 2 is 1.15 bits per heavy atom. The summed E-state index contributed by atoms with van der Waals surface area (Å²) in [5.41, 5.74) is 11.0. The highest BCUT2D eigenvalue weighted by Crippen LogP contribution is 2.21. The number of carbonyl (C=O) groups excluding carboxylic acids is 10. The van der Waals surface area contributed by atoms with Crippen molar-refractivity contribution >= 4 is 65.0 Å². The molecule has 71 heavy (non-hydrogen) atoms. The molecule has 0 aliphatic carbocycles. The number of nitrogens with one attached hydrogen (secondary N) is 8. The first-order valence-electron chi connectivity index (χ1n) is 25.0. The number of likely N-dealkylation sites (N-methyl/N-ethyl adjacent to an activating group) is 2. The third-order valence-corrected chi connectivity index (χ3v) is 12.8. The topological polar surface area (TPSA) is 358 Å². The van der Waals surface area contributed by atoms with Gasteiger partial charge in [0, 0.05) is 33.6 Å². The molecule has 0 bridgehead atoms. The van der Waals surface area contributed by atoms with Crippen LogP contribution in [0.1, 0.15) is 127 Å². The summed E-state index contributed by atoms with van der Waals surface area (Å²) in [6.45, 7) is 16.7. The van der Waals surface area contributed by atoms with Crippen LogP contribution in [0.3, 0.4) is 0 Å². The summed E-state index contributed by atoms with van der Waals surface area (Å²) >= 11 is 0. The average Bonchev–Trinajstić information content (AvgIpc) is 3.82. The summed E-state index contributed by atoms with van der Waals surface area (Å²) in [6, 6.07) is -8.30. The van der Waals surface area contributed by atoms with E-state index in [-0.39, 0.29) is 43.7 Å². The van der Waals surface area contributed by atoms with Crippen molar-refractivity contribution in [3.63, 3.8) is 0 Å². The Balaban J connectivity index is 3.33. The average molecular weight is 1010 g/mol. The number of nitrogens with two attached hydrogens (primary N) is 2. The van der Waals surface area contributed by atoms with Gasteiger partial charge in [-0.15, -0.1) is 0 Å². The maximum Gasteiger partial charge on any atom is 0.245 e. The molecule has 1 aliphatic heterocycles. The van der Waals surface area contributed by atoms with E-state index in [1.807, 2.05) is 6.92 Å². The zero-order chi connectivity index (χ0) is 54.1. The van der Waals surface area contributed by atoms with Crippen LogP contribution in [-0.2, 0) is 47.9 Å². The van der Waals surface area contributed by atoms with Gasteiger partial charge in [0.05, 0.1) is 19.2 Å². The van der Waals surface area contributed by atoms with Crippen molar-refractivity contribution in [1.82, 2.24) is 52.3 Å². The smallest absolute Gasteiger partial charge is 0.245 e. The van der Waals surface area contributed by atoms with Gasteiger partial charge in [-0.05, 0) is 63.7 Å². The van der Waals surface area contributed by atoms with Crippen LogP contribution in [-0.4, -0.2) is 168 Å². The third-order valence-electron chi connectivity index (χ3n) is 12.8. The second-order valence-corrected chi connectivity index (χ2v) is 18.5. The fourth-order valence-corrected chi connectivity index (χ4v) is 7.67. The van der Waals surface area contributed by atoms with E-state index in [0.29, 0.717) is 58.0 Å². The lowest BCUT2D eigenvalue weighted by atomic mass is 9.94. The monoisotopic (exact) mass is 1010 g/mol. The Hall–Kier alpha value is -6.07. The number of guanidine groups is 1. The van der Waals surface area contributed by atoms with Gasteiger partial charge < -0.3 is 68.9 Å². The minimum atomic E-state index is -1.62. The largest absolute Gasteiger partial charge is 0.391 e. The molecule has 0 spiro atoms. The van der Waals surface area contributed by atoms with Crippen molar-refractivity contribution in [2.45, 2.75) is 175 Å². The molecular formula is C47H85N13O11. The fraction of sp³-hybridized carbons (Fsp3) is 0.766. The van der Waals surface area contributed by atoms with Gasteiger partial charge in [-0.1, -0.05) is 74.1 Å². The molecule has 1 aliphatic rings. The molecule has 0 aromatic heterocycles. The summed E-state index contributed by atoms with van der Waals surface area (Å²) in [5.74, 6) is -7.86. The molecule has 1 fully saturated rings. The number of aliphatic hydroxyl groups is 1. The molecule has 404 valence electrons. The molecule has 0 aromatic rings. The molecular weight excluding hydrogens is 923 g/mol. The van der Waals surface area contributed by atoms with Gasteiger partial charge in [-0.3, -0.25) is 52.9 Å². The number of likely N-dealkylation sites (tertiary alicyclic amines) is 1. The minimum Gasteiger partial charge on any atom is -0.391 e. The van der Waals surface area contributed by atoms with Gasteiger partial charge in [-0.2, -0.15) is 0 Å². The number of amides is 10. The van der Waals surface area contributed by atoms with Crippen molar-refractivity contribution < 1.29 is 53.1 Å². The molecule has 1 saturated heterocycles. The van der Waals surface area contributed by atoms with E-state index < -0.39 is 120 Å². The first-order chi connectivity index (χ1) is 33.4. The van der Waals surface area contributed by atoms with E-state index >= 15 is 0 Å². The highest BCUT2D eigenvalue weighted by Gasteiger charge is 2.40. The fourth-order valence-electron chi connectivity index (χ4n) is 7.67. The minimum absolute atomic E-state index is 0.0857. The Kier molecular flexibility index (Phi) is 28.4. The SMILES string of the molecule is CCC[C@H](NC(=O)[C@@H](NC(=O)[C@H](NC(=O)[C@@H](NC(=O)CNC(=O)CN(C)C(C)=O)C(C)CC)C(C)CC)[C@@H](C)O)C(=O)N[C@H](C(=O)N[C@@H](CCCN=C(N)N)C(=O)N1CCC[C@H]1C(=O)NCC)[C@@H](C)CC. The number of aliphatic hydroxyl groups excluding tert-OH is 1. The first-order valence-corrected chi connectivity index (χ1v) is 25.0. The molecule has 24 nitrogen and oxygen atoms in total. The Morgan fingerprint density at radius 1 is 0.662 bits per heavy atom. The molecule has 13 N–H and O–H groups in total. The van der Waals surface area contributed by atoms with Crippen LogP contribution in [0.25, 0.3) is 0 Å². The van der Waals surface area contributed by atoms with Gasteiger partial charge in [-0.25, -0.2) is 0 Å². The Morgan fingerprint density at radius 3 is 1.65 bits per heavy atom. The van der Waals surface area contributed by atoms with Gasteiger partial charge in [0.2, 0.25) is 59.1 Å². The number of hydrogen-bond acceptors (Lipinski definition) is 12. The van der Waals surface area contributed by atoms with Crippen molar-refractivity contribution in [3.8, 4) is 0 Å². The maximum absolute atomic E-state index is 14.2. The maximum atomic E-state index is 14.2. The van der Waals surface area contributed by atoms with Crippen molar-refractivity contribution in [2.24, 2.45) is 34.2 Å². The normalized spacial score (nSPS) is 17.4. The van der Waals surface area contributed by atoms with Crippen LogP contribution in [0, 0.1) is 17.8 Å². The van der Waals surface area contributed by atoms with Crippen LogP contribution >= 0.6 is 0 Å². The number of carbonyl (C=O) groups is 10. The van der Waals surface area contributed by atoms with Crippen LogP contribution in [0.2, 0.25) is 0 Å². The van der Waals surface area contributed by atoms with Gasteiger partial charge in [0.15, 0.2) is 5.96 Å². The highest BCUT2D eigenvalue weighted by molar-refractivity contribution is 5.98. The van der Waals surface area contributed by atoms with E-state index in [1.165, 1.54) is 25.8 Å². The number of rotatable bonds is 31. The predicted molar refractivity (Wildman–Crippen MR) is 266 cm³/mol. The molecule has 11 atom stereocenters. The Bertz CT molecular complexity index is 1850. The quantitative estimate of drug-likeness (QED) is 0.0204. The first kappa shape index (κ1) is 62.9. The number of aliphatic imine (C=N–C) groups is 1. The zero-order valence-corrected chi connectivity index (χ0v) is 43.8. The van der Waals surface area contributed by atoms with Gasteiger partial charge in [0.25, 0.3) is 0 Å². The van der Waals surface area contributed by atoms with E-state index in [0.717, 1.165) is 4.90 Å². The lowest BCUT2D eigenvalue weighted by molar-refractivity contribution is -0.142. The molecule has 10 amide bonds. The highest BCUT2D eigenvalue weighted by atomic mass is 16.3. The second-order valence-electron chi connectivity index (χ2n) is 18.5. The van der Waals surface area contributed by atoms with Crippen molar-refractivity contribution in [3.05, 3.63) is 0 Å². The number of hydrogen-bond donors (Lipinski definition) is 11. The standard InChI is InChI=1S/C47H85N13O11/c1-12-19-31(40(65)56-37(27(7)14-3)42(67)54-32(20-17-22-51-47(48)49)46(71)60-23-18-21-33(60)41(66)50-16-5)53-45(70)39(29(9)61)58-44(69)38(28(8)15-4)57-43(68)36(26(6)13-2)55-34(63)24-52-35(64)25-59(11)30(10)62/h26-29,31-33,36-39,61H,12-25H2,1-11H3,(H,50,66)(H,52,64)(H,53,70)(H,54,67)(H,55,63)(H,56,65)(H,57,68)(H,58,69)(H4,48,49,51)/t26?,27-,28?,29+,31-,32-,33-,36-,37-,38+,39-/m0/s1. The molecule has 24 heteroatoms. The molecule has 1 rings (SSSR count). The summed E-state index contributed by atoms with van der Waals surface area (Å²) in [6.07, 6.45) is 1.67. The van der Waals surface area contributed by atoms with Crippen LogP contribution < -0.4 is 54.0 Å². The lowest BCUT2D eigenvalue weighted by Gasteiger charge is -2.32. The lowest BCUT2D eigenvalue weighted by Crippen LogP contribution is -2.63. The van der Waals surface area contributed by atoms with Crippen molar-refractivity contribution in [2.75, 3.05) is 39.8 Å². The van der Waals surface area contributed by atoms with E-state index in [4.69, 9.17) is 11.5 Å². The summed E-state index contributed by atoms with van der Waals surface area (Å²) in [5, 5.41) is 32.0. The van der Waals surface area contributed by atoms with Gasteiger partial charge >= 0.3 is 0 Å². The summed E-state index contributed by atoms with van der Waals surface area (Å²) < 4.78 is 0. The van der Waals surface area contributed by atoms with Crippen LogP contribution in [0.15, 0.2) is 4.99 Å². The number of nitrogens with zero attached hydrogens (tertiary/aromatic N) is 3. The molecule has 0 aromatic carbocycles. The molecule has 1 heterocycles. The zero-order valence-electron chi connectivity index (χ0n) is 43.8. The van der Waals surface area contributed by atoms with Crippen LogP contribution in [0.4, 0.5) is 0 Å². The van der Waals surface area contributed by atoms with E-state index in [2.05, 4.69) is 47.5 Å². The Labute approximate surface area is 418 Å². The van der Waals surface area contributed by atoms with E-state index in [9.17, 15) is 53.1 Å². The predicted octanol–water partition coefficient (Wildman–Crippen LogP) is -2.01. The van der Waals surface area contributed by atoms with Gasteiger partial charge in [0.1, 0.15) is 42.3 Å². The molecule has 0 saturated carbocycles. The third kappa shape index (κ3) is 21.0. The molecule has 2 unspecified atom stereocenters. The van der Waals surface area contributed by atoms with E-state index in [1.54, 1.807) is 48.5 Å².